The predicted molar refractivity (Wildman–Crippen MR) is 94.7 cm³/mol. The highest BCUT2D eigenvalue weighted by Gasteiger charge is 2.36. The van der Waals surface area contributed by atoms with Crippen molar-refractivity contribution in [1.82, 2.24) is 9.88 Å². The van der Waals surface area contributed by atoms with E-state index >= 15 is 0 Å². The fourth-order valence-corrected chi connectivity index (χ4v) is 2.99. The van der Waals surface area contributed by atoms with Crippen LogP contribution in [0.2, 0.25) is 0 Å². The molecular weight excluding hydrogens is 343 g/mol. The number of hydrogen-bond acceptors (Lipinski definition) is 5. The Hall–Kier alpha value is -2.28. The third-order valence-corrected chi connectivity index (χ3v) is 4.88. The minimum absolute atomic E-state index is 0.0607. The molecule has 0 aliphatic rings. The number of carbonyl (C=O) groups excluding carboxylic acids is 2. The molecule has 0 atom stereocenters. The van der Waals surface area contributed by atoms with E-state index in [1.807, 2.05) is 0 Å². The number of benzene rings is 1. The van der Waals surface area contributed by atoms with E-state index in [1.165, 1.54) is 28.4 Å². The average molecular weight is 364 g/mol. The Bertz CT molecular complexity index is 773. The topological polar surface area (TPSA) is 59.5 Å². The van der Waals surface area contributed by atoms with Crippen molar-refractivity contribution in [1.29, 1.82) is 0 Å². The number of esters is 1. The highest BCUT2D eigenvalue weighted by Crippen LogP contribution is 2.25. The van der Waals surface area contributed by atoms with Crippen molar-refractivity contribution in [3.8, 4) is 10.6 Å². The molecule has 25 heavy (non-hydrogen) atoms. The lowest BCUT2D eigenvalue weighted by atomic mass is 10.0. The molecule has 0 N–H and O–H groups in total. The van der Waals surface area contributed by atoms with Crippen LogP contribution in [0, 0.1) is 5.82 Å². The maximum atomic E-state index is 13.3. The molecule has 0 saturated carbocycles. The molecule has 0 saturated heterocycles. The van der Waals surface area contributed by atoms with E-state index in [-0.39, 0.29) is 24.8 Å². The first-order valence-electron chi connectivity index (χ1n) is 7.90. The Morgan fingerprint density at radius 1 is 1.36 bits per heavy atom. The number of carbonyl (C=O) groups is 2. The van der Waals surface area contributed by atoms with Gasteiger partial charge >= 0.3 is 5.97 Å². The molecule has 0 aliphatic carbocycles. The van der Waals surface area contributed by atoms with Gasteiger partial charge in [0, 0.05) is 18.0 Å². The molecule has 7 heteroatoms. The van der Waals surface area contributed by atoms with E-state index in [2.05, 4.69) is 4.98 Å². The summed E-state index contributed by atoms with van der Waals surface area (Å²) in [6.45, 7) is 5.26. The smallest absolute Gasteiger partial charge is 0.331 e. The van der Waals surface area contributed by atoms with Gasteiger partial charge in [-0.15, -0.1) is 11.3 Å². The number of amides is 1. The first-order chi connectivity index (χ1) is 11.8. The standard InChI is InChI=1S/C18H21FN2O3S/c1-5-24-17(23)18(2,3)21(4)15(22)10-14-11-25-16(20-14)12-7-6-8-13(19)9-12/h6-9,11H,5,10H2,1-4H3. The van der Waals surface area contributed by atoms with E-state index in [0.717, 1.165) is 0 Å². The third-order valence-electron chi connectivity index (χ3n) is 3.94. The van der Waals surface area contributed by atoms with Gasteiger partial charge in [-0.2, -0.15) is 0 Å². The van der Waals surface area contributed by atoms with E-state index < -0.39 is 11.5 Å². The van der Waals surface area contributed by atoms with Crippen molar-refractivity contribution in [3.05, 3.63) is 41.2 Å². The van der Waals surface area contributed by atoms with Gasteiger partial charge in [0.05, 0.1) is 18.7 Å². The summed E-state index contributed by atoms with van der Waals surface area (Å²) in [6.07, 6.45) is 0.0607. The van der Waals surface area contributed by atoms with Gasteiger partial charge in [0.15, 0.2) is 0 Å². The second kappa shape index (κ2) is 7.74. The highest BCUT2D eigenvalue weighted by atomic mass is 32.1. The van der Waals surface area contributed by atoms with Crippen molar-refractivity contribution in [3.63, 3.8) is 0 Å². The molecule has 0 unspecified atom stereocenters. The van der Waals surface area contributed by atoms with Gasteiger partial charge in [-0.1, -0.05) is 12.1 Å². The second-order valence-electron chi connectivity index (χ2n) is 6.06. The van der Waals surface area contributed by atoms with Gasteiger partial charge in [-0.3, -0.25) is 4.79 Å². The SMILES string of the molecule is CCOC(=O)C(C)(C)N(C)C(=O)Cc1csc(-c2cccc(F)c2)n1. The number of thiazole rings is 1. The van der Waals surface area contributed by atoms with Gasteiger partial charge < -0.3 is 9.64 Å². The van der Waals surface area contributed by atoms with E-state index in [1.54, 1.807) is 45.3 Å². The summed E-state index contributed by atoms with van der Waals surface area (Å²) in [6, 6.07) is 6.16. The molecule has 0 radical (unpaired) electrons. The summed E-state index contributed by atoms with van der Waals surface area (Å²) < 4.78 is 18.3. The number of hydrogen-bond donors (Lipinski definition) is 0. The highest BCUT2D eigenvalue weighted by molar-refractivity contribution is 7.13. The van der Waals surface area contributed by atoms with Crippen molar-refractivity contribution in [2.45, 2.75) is 32.7 Å². The zero-order valence-corrected chi connectivity index (χ0v) is 15.5. The van der Waals surface area contributed by atoms with Crippen LogP contribution < -0.4 is 0 Å². The third kappa shape index (κ3) is 4.42. The molecular formula is C18H21FN2O3S. The lowest BCUT2D eigenvalue weighted by Gasteiger charge is -2.33. The monoisotopic (exact) mass is 364 g/mol. The van der Waals surface area contributed by atoms with Crippen LogP contribution >= 0.6 is 11.3 Å². The first kappa shape index (κ1) is 19.1. The number of halogens is 1. The summed E-state index contributed by atoms with van der Waals surface area (Å²) in [7, 11) is 1.57. The minimum atomic E-state index is -1.06. The molecule has 134 valence electrons. The zero-order chi connectivity index (χ0) is 18.6. The molecule has 0 aliphatic heterocycles. The first-order valence-corrected chi connectivity index (χ1v) is 8.78. The molecule has 1 amide bonds. The predicted octanol–water partition coefficient (Wildman–Crippen LogP) is 3.29. The van der Waals surface area contributed by atoms with Gasteiger partial charge in [-0.25, -0.2) is 14.2 Å². The Kier molecular flexibility index (Phi) is 5.89. The van der Waals surface area contributed by atoms with Crippen molar-refractivity contribution >= 4 is 23.2 Å². The van der Waals surface area contributed by atoms with Crippen LogP contribution in [0.4, 0.5) is 4.39 Å². The quantitative estimate of drug-likeness (QED) is 0.738. The van der Waals surface area contributed by atoms with Crippen LogP contribution in [0.1, 0.15) is 26.5 Å². The Balaban J connectivity index is 2.09. The Morgan fingerprint density at radius 3 is 2.72 bits per heavy atom. The van der Waals surface area contributed by atoms with Gasteiger partial charge in [-0.05, 0) is 32.9 Å². The molecule has 0 bridgehead atoms. The van der Waals surface area contributed by atoms with E-state index in [4.69, 9.17) is 4.74 Å². The average Bonchev–Trinajstić information content (AvgIpc) is 3.02. The van der Waals surface area contributed by atoms with Crippen molar-refractivity contribution < 1.29 is 18.7 Å². The number of likely N-dealkylation sites (N-methyl/N-ethyl adjacent to an activating group) is 1. The van der Waals surface area contributed by atoms with Crippen LogP contribution in [0.25, 0.3) is 10.6 Å². The largest absolute Gasteiger partial charge is 0.464 e. The van der Waals surface area contributed by atoms with Gasteiger partial charge in [0.2, 0.25) is 5.91 Å². The summed E-state index contributed by atoms with van der Waals surface area (Å²) in [5.41, 5.74) is 0.193. The zero-order valence-electron chi connectivity index (χ0n) is 14.7. The molecule has 2 rings (SSSR count). The van der Waals surface area contributed by atoms with Gasteiger partial charge in [0.1, 0.15) is 16.4 Å². The number of aromatic nitrogens is 1. The molecule has 5 nitrogen and oxygen atoms in total. The number of ether oxygens (including phenoxy) is 1. The number of nitrogens with zero attached hydrogens (tertiary/aromatic N) is 2. The van der Waals surface area contributed by atoms with Crippen LogP contribution in [-0.2, 0) is 20.7 Å². The minimum Gasteiger partial charge on any atom is -0.464 e. The fourth-order valence-electron chi connectivity index (χ4n) is 2.17. The van der Waals surface area contributed by atoms with Crippen molar-refractivity contribution in [2.75, 3.05) is 13.7 Å². The molecule has 1 aromatic heterocycles. The lowest BCUT2D eigenvalue weighted by molar-refractivity contribution is -0.160. The van der Waals surface area contributed by atoms with Gasteiger partial charge in [0.25, 0.3) is 0 Å². The second-order valence-corrected chi connectivity index (χ2v) is 6.92. The van der Waals surface area contributed by atoms with E-state index in [9.17, 15) is 14.0 Å². The summed E-state index contributed by atoms with van der Waals surface area (Å²) >= 11 is 1.35. The van der Waals surface area contributed by atoms with Crippen LogP contribution in [0.3, 0.4) is 0 Å². The molecule has 1 heterocycles. The summed E-state index contributed by atoms with van der Waals surface area (Å²) in [5, 5.41) is 2.41. The Morgan fingerprint density at radius 2 is 2.08 bits per heavy atom. The molecule has 2 aromatic rings. The Labute approximate surface area is 150 Å². The normalized spacial score (nSPS) is 11.2. The number of rotatable bonds is 6. The summed E-state index contributed by atoms with van der Waals surface area (Å²) in [5.74, 6) is -1.03. The van der Waals surface area contributed by atoms with Crippen LogP contribution in [-0.4, -0.2) is 41.0 Å². The van der Waals surface area contributed by atoms with Crippen LogP contribution in [0.15, 0.2) is 29.6 Å². The molecule has 0 fully saturated rings. The van der Waals surface area contributed by atoms with Crippen LogP contribution in [0.5, 0.6) is 0 Å². The molecule has 1 aromatic carbocycles. The molecule has 0 spiro atoms. The maximum Gasteiger partial charge on any atom is 0.331 e. The fraction of sp³-hybridized carbons (Fsp3) is 0.389. The van der Waals surface area contributed by atoms with Crippen molar-refractivity contribution in [2.24, 2.45) is 0 Å². The van der Waals surface area contributed by atoms with E-state index in [0.29, 0.717) is 16.3 Å². The summed E-state index contributed by atoms with van der Waals surface area (Å²) in [4.78, 5) is 30.3. The lowest BCUT2D eigenvalue weighted by Crippen LogP contribution is -2.52. The maximum absolute atomic E-state index is 13.3.